The molecule has 0 saturated carbocycles. The highest BCUT2D eigenvalue weighted by Crippen LogP contribution is 2.50. The van der Waals surface area contributed by atoms with Crippen LogP contribution < -0.4 is 4.74 Å². The second-order valence-corrected chi connectivity index (χ2v) is 9.68. The number of rotatable bonds is 6. The summed E-state index contributed by atoms with van der Waals surface area (Å²) < 4.78 is 22.2. The summed E-state index contributed by atoms with van der Waals surface area (Å²) in [6, 6.07) is 12.6. The highest BCUT2D eigenvalue weighted by Gasteiger charge is 2.54. The largest absolute Gasteiger partial charge is 0.497 e. The van der Waals surface area contributed by atoms with Gasteiger partial charge in [-0.15, -0.1) is 0 Å². The Hall–Kier alpha value is -2.90. The van der Waals surface area contributed by atoms with E-state index in [1.807, 2.05) is 37.1 Å². The van der Waals surface area contributed by atoms with Crippen LogP contribution in [0.25, 0.3) is 10.9 Å². The molecular formula is C27H32FN3O3. The Balaban J connectivity index is 1.63. The van der Waals surface area contributed by atoms with E-state index in [2.05, 4.69) is 15.5 Å². The monoisotopic (exact) mass is 465 g/mol. The standard InChI is InChI=1S/C27H32FN3O3/c1-4-7-24(33)31-16-27(17-31)15-30(13-18-8-5-6-9-21(18)28)23(14-32)26-25(27)20-11-10-19(34-3)12-22(20)29(26)2/h5-6,8-12,23,32H,4,7,13-17H2,1-3H3/t23-/m1/s1. The first-order valence-corrected chi connectivity index (χ1v) is 12.0. The van der Waals surface area contributed by atoms with Crippen LogP contribution in [0.3, 0.4) is 0 Å². The number of aryl methyl sites for hydroxylation is 1. The van der Waals surface area contributed by atoms with E-state index in [4.69, 9.17) is 4.74 Å². The number of fused-ring (bicyclic) bond motifs is 4. The molecule has 0 bridgehead atoms. The molecular weight excluding hydrogens is 433 g/mol. The van der Waals surface area contributed by atoms with Gasteiger partial charge in [0.25, 0.3) is 0 Å². The van der Waals surface area contributed by atoms with Crippen LogP contribution in [0.4, 0.5) is 4.39 Å². The number of amides is 1. The zero-order valence-electron chi connectivity index (χ0n) is 20.1. The topological polar surface area (TPSA) is 57.9 Å². The number of carbonyl (C=O) groups excluding carboxylic acids is 1. The number of likely N-dealkylation sites (tertiary alicyclic amines) is 1. The van der Waals surface area contributed by atoms with Crippen LogP contribution in [0, 0.1) is 5.82 Å². The van der Waals surface area contributed by atoms with E-state index in [1.54, 1.807) is 19.2 Å². The fourth-order valence-corrected chi connectivity index (χ4v) is 5.97. The van der Waals surface area contributed by atoms with E-state index < -0.39 is 0 Å². The molecule has 1 saturated heterocycles. The van der Waals surface area contributed by atoms with Gasteiger partial charge in [0.1, 0.15) is 11.6 Å². The molecule has 34 heavy (non-hydrogen) atoms. The van der Waals surface area contributed by atoms with Gasteiger partial charge in [-0.25, -0.2) is 4.39 Å². The Morgan fingerprint density at radius 2 is 1.97 bits per heavy atom. The molecule has 2 aliphatic rings. The van der Waals surface area contributed by atoms with Crippen molar-refractivity contribution in [1.29, 1.82) is 0 Å². The summed E-state index contributed by atoms with van der Waals surface area (Å²) in [4.78, 5) is 16.8. The lowest BCUT2D eigenvalue weighted by molar-refractivity contribution is -0.141. The maximum atomic E-state index is 14.6. The number of hydrogen-bond donors (Lipinski definition) is 1. The van der Waals surface area contributed by atoms with Gasteiger partial charge in [0.2, 0.25) is 5.91 Å². The first-order chi connectivity index (χ1) is 16.4. The summed E-state index contributed by atoms with van der Waals surface area (Å²) in [6.07, 6.45) is 1.38. The SMILES string of the molecule is CCCC(=O)N1CC2(C1)CN(Cc1ccccc1F)[C@H](CO)c1c2c2ccc(OC)cc2n1C. The van der Waals surface area contributed by atoms with Crippen molar-refractivity contribution < 1.29 is 19.0 Å². The van der Waals surface area contributed by atoms with Crippen LogP contribution >= 0.6 is 0 Å². The van der Waals surface area contributed by atoms with Crippen molar-refractivity contribution >= 4 is 16.8 Å². The van der Waals surface area contributed by atoms with Gasteiger partial charge in [0.15, 0.2) is 0 Å². The summed E-state index contributed by atoms with van der Waals surface area (Å²) >= 11 is 0. The van der Waals surface area contributed by atoms with E-state index in [-0.39, 0.29) is 29.8 Å². The summed E-state index contributed by atoms with van der Waals surface area (Å²) in [7, 11) is 3.67. The number of hydrogen-bond acceptors (Lipinski definition) is 4. The van der Waals surface area contributed by atoms with Gasteiger partial charge < -0.3 is 19.3 Å². The molecule has 0 radical (unpaired) electrons. The molecule has 1 spiro atoms. The van der Waals surface area contributed by atoms with Crippen molar-refractivity contribution in [2.24, 2.45) is 7.05 Å². The van der Waals surface area contributed by atoms with Crippen LogP contribution in [0.15, 0.2) is 42.5 Å². The molecule has 7 heteroatoms. The van der Waals surface area contributed by atoms with E-state index >= 15 is 0 Å². The Labute approximate surface area is 199 Å². The molecule has 3 heterocycles. The molecule has 0 aliphatic carbocycles. The van der Waals surface area contributed by atoms with Gasteiger partial charge >= 0.3 is 0 Å². The summed E-state index contributed by atoms with van der Waals surface area (Å²) in [5.74, 6) is 0.715. The summed E-state index contributed by atoms with van der Waals surface area (Å²) in [5, 5.41) is 11.7. The fourth-order valence-electron chi connectivity index (χ4n) is 5.97. The average Bonchev–Trinajstić information content (AvgIpc) is 3.11. The predicted octanol–water partition coefficient (Wildman–Crippen LogP) is 3.76. The van der Waals surface area contributed by atoms with Crippen molar-refractivity contribution in [3.05, 3.63) is 65.1 Å². The Kier molecular flexibility index (Phi) is 5.86. The lowest BCUT2D eigenvalue weighted by Crippen LogP contribution is -2.67. The van der Waals surface area contributed by atoms with E-state index in [0.29, 0.717) is 38.2 Å². The van der Waals surface area contributed by atoms with Crippen molar-refractivity contribution in [3.63, 3.8) is 0 Å². The number of carbonyl (C=O) groups is 1. The number of ether oxygens (including phenoxy) is 1. The van der Waals surface area contributed by atoms with Gasteiger partial charge in [0.05, 0.1) is 25.3 Å². The number of nitrogens with zero attached hydrogens (tertiary/aromatic N) is 3. The van der Waals surface area contributed by atoms with Crippen LogP contribution in [-0.2, 0) is 23.8 Å². The third-order valence-electron chi connectivity index (χ3n) is 7.55. The highest BCUT2D eigenvalue weighted by molar-refractivity contribution is 5.89. The van der Waals surface area contributed by atoms with Crippen LogP contribution in [0.5, 0.6) is 5.75 Å². The van der Waals surface area contributed by atoms with Gasteiger partial charge in [-0.1, -0.05) is 25.1 Å². The smallest absolute Gasteiger partial charge is 0.222 e. The van der Waals surface area contributed by atoms with Gasteiger partial charge in [-0.2, -0.15) is 0 Å². The summed E-state index contributed by atoms with van der Waals surface area (Å²) in [5.41, 5.74) is 3.63. The Morgan fingerprint density at radius 1 is 1.21 bits per heavy atom. The Bertz CT molecular complexity index is 1230. The van der Waals surface area contributed by atoms with E-state index in [0.717, 1.165) is 28.8 Å². The zero-order valence-corrected chi connectivity index (χ0v) is 20.1. The van der Waals surface area contributed by atoms with Crippen molar-refractivity contribution in [2.75, 3.05) is 33.4 Å². The molecule has 1 fully saturated rings. The number of aromatic nitrogens is 1. The molecule has 0 unspecified atom stereocenters. The maximum absolute atomic E-state index is 14.6. The minimum atomic E-state index is -0.274. The Morgan fingerprint density at radius 3 is 2.65 bits per heavy atom. The molecule has 3 aromatic rings. The van der Waals surface area contributed by atoms with E-state index in [1.165, 1.54) is 11.6 Å². The molecule has 1 N–H and O–H groups in total. The second kappa shape index (κ2) is 8.71. The second-order valence-electron chi connectivity index (χ2n) is 9.68. The first-order valence-electron chi connectivity index (χ1n) is 12.0. The fraction of sp³-hybridized carbons (Fsp3) is 0.444. The molecule has 1 aromatic heterocycles. The average molecular weight is 466 g/mol. The quantitative estimate of drug-likeness (QED) is 0.602. The molecule has 6 nitrogen and oxygen atoms in total. The lowest BCUT2D eigenvalue weighted by atomic mass is 9.68. The number of methoxy groups -OCH3 is 1. The number of aliphatic hydroxyl groups is 1. The molecule has 2 aliphatic heterocycles. The highest BCUT2D eigenvalue weighted by atomic mass is 19.1. The van der Waals surface area contributed by atoms with Crippen LogP contribution in [0.1, 0.15) is 42.6 Å². The van der Waals surface area contributed by atoms with Crippen molar-refractivity contribution in [2.45, 2.75) is 37.8 Å². The van der Waals surface area contributed by atoms with Gasteiger partial charge in [-0.3, -0.25) is 9.69 Å². The number of benzene rings is 2. The predicted molar refractivity (Wildman–Crippen MR) is 129 cm³/mol. The third kappa shape index (κ3) is 3.49. The van der Waals surface area contributed by atoms with Crippen molar-refractivity contribution in [3.8, 4) is 5.75 Å². The van der Waals surface area contributed by atoms with Gasteiger partial charge in [0, 0.05) is 67.8 Å². The third-order valence-corrected chi connectivity index (χ3v) is 7.55. The van der Waals surface area contributed by atoms with E-state index in [9.17, 15) is 14.3 Å². The minimum Gasteiger partial charge on any atom is -0.497 e. The molecule has 5 rings (SSSR count). The van der Waals surface area contributed by atoms with Crippen LogP contribution in [0.2, 0.25) is 0 Å². The van der Waals surface area contributed by atoms with Crippen LogP contribution in [-0.4, -0.2) is 58.7 Å². The molecule has 1 atom stereocenters. The maximum Gasteiger partial charge on any atom is 0.222 e. The molecule has 180 valence electrons. The normalized spacial score (nSPS) is 19.3. The van der Waals surface area contributed by atoms with Crippen molar-refractivity contribution in [1.82, 2.24) is 14.4 Å². The zero-order chi connectivity index (χ0) is 24.0. The minimum absolute atomic E-state index is 0.0721. The lowest BCUT2D eigenvalue weighted by Gasteiger charge is -2.56. The number of aliphatic hydroxyl groups excluding tert-OH is 1. The van der Waals surface area contributed by atoms with Gasteiger partial charge in [-0.05, 0) is 30.2 Å². The molecule has 1 amide bonds. The first kappa shape index (κ1) is 22.9. The molecule has 2 aromatic carbocycles. The summed E-state index contributed by atoms with van der Waals surface area (Å²) in [6.45, 7) is 4.27. The number of halogens is 1.